The van der Waals surface area contributed by atoms with Crippen molar-refractivity contribution in [2.45, 2.75) is 5.75 Å². The number of carbonyl (C=O) groups excluding carboxylic acids is 2. The van der Waals surface area contributed by atoms with Crippen LogP contribution in [-0.4, -0.2) is 11.8 Å². The summed E-state index contributed by atoms with van der Waals surface area (Å²) in [4.78, 5) is 28.3. The van der Waals surface area contributed by atoms with Crippen molar-refractivity contribution < 1.29 is 9.59 Å². The van der Waals surface area contributed by atoms with E-state index in [1.165, 1.54) is 16.7 Å². The third-order valence-corrected chi connectivity index (χ3v) is 6.03. The highest BCUT2D eigenvalue weighted by molar-refractivity contribution is 9.10. The quantitative estimate of drug-likeness (QED) is 0.471. The van der Waals surface area contributed by atoms with Crippen LogP contribution in [0.15, 0.2) is 94.3 Å². The Morgan fingerprint density at radius 1 is 0.786 bits per heavy atom. The first kappa shape index (κ1) is 18.7. The molecule has 0 saturated carbocycles. The zero-order valence-electron chi connectivity index (χ0n) is 14.8. The lowest BCUT2D eigenvalue weighted by atomic mass is 10.1. The number of halogens is 1. The summed E-state index contributed by atoms with van der Waals surface area (Å²) in [6.07, 6.45) is 0. The van der Waals surface area contributed by atoms with Gasteiger partial charge in [-0.3, -0.25) is 9.59 Å². The molecule has 0 aliphatic carbocycles. The van der Waals surface area contributed by atoms with Crippen LogP contribution < -0.4 is 4.90 Å². The second-order valence-electron chi connectivity index (χ2n) is 6.27. The van der Waals surface area contributed by atoms with Crippen LogP contribution in [0.1, 0.15) is 11.1 Å². The van der Waals surface area contributed by atoms with Crippen LogP contribution in [-0.2, 0) is 15.3 Å². The molecule has 2 amide bonds. The topological polar surface area (TPSA) is 37.4 Å². The molecule has 0 fully saturated rings. The van der Waals surface area contributed by atoms with Gasteiger partial charge in [-0.05, 0) is 29.3 Å². The predicted molar refractivity (Wildman–Crippen MR) is 118 cm³/mol. The first-order valence-corrected chi connectivity index (χ1v) is 10.5. The third kappa shape index (κ3) is 3.68. The molecule has 4 rings (SSSR count). The van der Waals surface area contributed by atoms with E-state index in [1.54, 1.807) is 12.1 Å². The van der Waals surface area contributed by atoms with Crippen LogP contribution in [0.2, 0.25) is 0 Å². The van der Waals surface area contributed by atoms with Crippen molar-refractivity contribution in [3.8, 4) is 0 Å². The van der Waals surface area contributed by atoms with E-state index < -0.39 is 0 Å². The van der Waals surface area contributed by atoms with Gasteiger partial charge in [0.1, 0.15) is 0 Å². The van der Waals surface area contributed by atoms with Crippen LogP contribution in [0.5, 0.6) is 0 Å². The molecule has 0 atom stereocenters. The molecule has 138 valence electrons. The fourth-order valence-corrected chi connectivity index (χ4v) is 4.54. The lowest BCUT2D eigenvalue weighted by Gasteiger charge is -2.15. The maximum Gasteiger partial charge on any atom is 0.272 e. The average Bonchev–Trinajstić information content (AvgIpc) is 2.97. The molecule has 3 aromatic rings. The molecule has 0 radical (unpaired) electrons. The van der Waals surface area contributed by atoms with Crippen LogP contribution in [0.3, 0.4) is 0 Å². The van der Waals surface area contributed by atoms with Gasteiger partial charge in [-0.15, -0.1) is 11.8 Å². The van der Waals surface area contributed by atoms with E-state index in [0.717, 1.165) is 15.6 Å². The molecular weight excluding hydrogens is 434 g/mol. The van der Waals surface area contributed by atoms with E-state index in [2.05, 4.69) is 15.9 Å². The summed E-state index contributed by atoms with van der Waals surface area (Å²) in [5.74, 6) is 0.0606. The molecule has 0 aromatic heterocycles. The summed E-state index contributed by atoms with van der Waals surface area (Å²) >= 11 is 4.83. The largest absolute Gasteiger partial charge is 0.272 e. The Hall–Kier alpha value is -2.63. The van der Waals surface area contributed by atoms with E-state index >= 15 is 0 Å². The minimum atomic E-state index is -0.287. The van der Waals surface area contributed by atoms with Crippen LogP contribution in [0.4, 0.5) is 5.69 Å². The summed E-state index contributed by atoms with van der Waals surface area (Å²) < 4.78 is 0.817. The molecular formula is C23H16BrNO2S. The van der Waals surface area contributed by atoms with Gasteiger partial charge in [0.15, 0.2) is 0 Å². The van der Waals surface area contributed by atoms with Crippen LogP contribution >= 0.6 is 27.7 Å². The van der Waals surface area contributed by atoms with Gasteiger partial charge in [0.05, 0.1) is 16.2 Å². The average molecular weight is 450 g/mol. The molecule has 1 aliphatic heterocycles. The summed E-state index contributed by atoms with van der Waals surface area (Å²) in [7, 11) is 0. The normalized spacial score (nSPS) is 14.1. The molecule has 1 aliphatic rings. The third-order valence-electron chi connectivity index (χ3n) is 4.40. The van der Waals surface area contributed by atoms with Crippen molar-refractivity contribution >= 4 is 50.8 Å². The molecule has 3 aromatic carbocycles. The summed E-state index contributed by atoms with van der Waals surface area (Å²) in [6.45, 7) is 0. The number of imide groups is 1. The number of rotatable bonds is 5. The number of hydrogen-bond acceptors (Lipinski definition) is 3. The van der Waals surface area contributed by atoms with Gasteiger partial charge >= 0.3 is 0 Å². The fourth-order valence-electron chi connectivity index (χ4n) is 3.08. The summed E-state index contributed by atoms with van der Waals surface area (Å²) in [6, 6.07) is 26.6. The van der Waals surface area contributed by atoms with Gasteiger partial charge in [-0.1, -0.05) is 82.7 Å². The Labute approximate surface area is 176 Å². The Morgan fingerprint density at radius 2 is 1.46 bits per heavy atom. The van der Waals surface area contributed by atoms with Gasteiger partial charge in [0.2, 0.25) is 0 Å². The van der Waals surface area contributed by atoms with E-state index in [9.17, 15) is 9.59 Å². The first-order valence-electron chi connectivity index (χ1n) is 8.76. The zero-order chi connectivity index (χ0) is 19.5. The number of anilines is 1. The smallest absolute Gasteiger partial charge is 0.268 e. The number of thioether (sulfide) groups is 1. The highest BCUT2D eigenvalue weighted by Crippen LogP contribution is 2.39. The van der Waals surface area contributed by atoms with E-state index in [1.807, 2.05) is 72.8 Å². The molecule has 0 saturated heterocycles. The SMILES string of the molecule is O=C1C(SCc2ccccc2)=C(c2ccccc2)C(=O)N1c1cccc(Br)c1. The van der Waals surface area contributed by atoms with E-state index in [-0.39, 0.29) is 11.8 Å². The maximum atomic E-state index is 13.3. The lowest BCUT2D eigenvalue weighted by Crippen LogP contribution is -2.31. The van der Waals surface area contributed by atoms with Gasteiger partial charge in [-0.2, -0.15) is 0 Å². The standard InChI is InChI=1S/C23H16BrNO2S/c24-18-12-7-13-19(14-18)25-22(26)20(17-10-5-2-6-11-17)21(23(25)27)28-15-16-8-3-1-4-9-16/h1-14H,15H2. The maximum absolute atomic E-state index is 13.3. The van der Waals surface area contributed by atoms with E-state index in [4.69, 9.17) is 0 Å². The Bertz CT molecular complexity index is 1060. The Kier molecular flexibility index (Phi) is 5.46. The number of hydrogen-bond donors (Lipinski definition) is 0. The van der Waals surface area contributed by atoms with Crippen LogP contribution in [0.25, 0.3) is 5.57 Å². The molecule has 0 bridgehead atoms. The highest BCUT2D eigenvalue weighted by atomic mass is 79.9. The summed E-state index contributed by atoms with van der Waals surface area (Å²) in [5, 5.41) is 0. The van der Waals surface area contributed by atoms with Gasteiger partial charge in [0, 0.05) is 10.2 Å². The molecule has 0 spiro atoms. The van der Waals surface area contributed by atoms with Crippen molar-refractivity contribution in [3.63, 3.8) is 0 Å². The van der Waals surface area contributed by atoms with Crippen LogP contribution in [0, 0.1) is 0 Å². The molecule has 1 heterocycles. The van der Waals surface area contributed by atoms with E-state index in [0.29, 0.717) is 21.9 Å². The predicted octanol–water partition coefficient (Wildman–Crippen LogP) is 5.67. The second kappa shape index (κ2) is 8.17. The number of benzene rings is 3. The lowest BCUT2D eigenvalue weighted by molar-refractivity contribution is -0.119. The summed E-state index contributed by atoms with van der Waals surface area (Å²) in [5.41, 5.74) is 2.89. The van der Waals surface area contributed by atoms with Crippen molar-refractivity contribution in [2.24, 2.45) is 0 Å². The van der Waals surface area contributed by atoms with Crippen molar-refractivity contribution in [1.82, 2.24) is 0 Å². The van der Waals surface area contributed by atoms with Gasteiger partial charge in [-0.25, -0.2) is 4.90 Å². The monoisotopic (exact) mass is 449 g/mol. The highest BCUT2D eigenvalue weighted by Gasteiger charge is 2.40. The minimum Gasteiger partial charge on any atom is -0.268 e. The Balaban J connectivity index is 1.74. The molecule has 28 heavy (non-hydrogen) atoms. The van der Waals surface area contributed by atoms with Crippen molar-refractivity contribution in [2.75, 3.05) is 4.90 Å². The number of amides is 2. The van der Waals surface area contributed by atoms with Crippen molar-refractivity contribution in [1.29, 1.82) is 0 Å². The fraction of sp³-hybridized carbons (Fsp3) is 0.0435. The Morgan fingerprint density at radius 3 is 2.14 bits per heavy atom. The zero-order valence-corrected chi connectivity index (χ0v) is 17.2. The number of nitrogens with zero attached hydrogens (tertiary/aromatic N) is 1. The second-order valence-corrected chi connectivity index (χ2v) is 8.17. The molecule has 3 nitrogen and oxygen atoms in total. The van der Waals surface area contributed by atoms with Gasteiger partial charge in [0.25, 0.3) is 11.8 Å². The molecule has 5 heteroatoms. The van der Waals surface area contributed by atoms with Crippen molar-refractivity contribution in [3.05, 3.63) is 105 Å². The first-order chi connectivity index (χ1) is 13.6. The molecule has 0 N–H and O–H groups in total. The van der Waals surface area contributed by atoms with Gasteiger partial charge < -0.3 is 0 Å². The molecule has 0 unspecified atom stereocenters. The minimum absolute atomic E-state index is 0.275. The number of carbonyl (C=O) groups is 2.